The fourth-order valence-electron chi connectivity index (χ4n) is 4.81. The van der Waals surface area contributed by atoms with Crippen LogP contribution in [0.2, 0.25) is 0 Å². The molecule has 4 nitrogen and oxygen atoms in total. The van der Waals surface area contributed by atoms with Gasteiger partial charge in [-0.2, -0.15) is 4.31 Å². The highest BCUT2D eigenvalue weighted by atomic mass is 32.2. The number of hydrogen-bond donors (Lipinski definition) is 0. The average molecular weight is 314 g/mol. The standard InChI is InChI=1S/C16H30N2O2S/c1-13-3-4-14-9-15(11-16(13)10-14)12-17-5-7-18(8-6-17)21(2,19)20/h13-16H,3-12H2,1-2H3. The van der Waals surface area contributed by atoms with Crippen LogP contribution in [0.25, 0.3) is 0 Å². The average Bonchev–Trinajstić information content (AvgIpc) is 2.43. The van der Waals surface area contributed by atoms with Gasteiger partial charge in [-0.3, -0.25) is 0 Å². The minimum Gasteiger partial charge on any atom is -0.300 e. The van der Waals surface area contributed by atoms with Gasteiger partial charge in [-0.25, -0.2) is 8.42 Å². The molecule has 1 heterocycles. The van der Waals surface area contributed by atoms with Gasteiger partial charge in [0.25, 0.3) is 0 Å². The van der Waals surface area contributed by atoms with Crippen molar-refractivity contribution in [1.29, 1.82) is 0 Å². The SMILES string of the molecule is CC1CCC2CC(CN3CCN(S(C)(=O)=O)CC3)CC1C2. The molecule has 0 N–H and O–H groups in total. The topological polar surface area (TPSA) is 40.6 Å². The van der Waals surface area contributed by atoms with Crippen LogP contribution in [-0.2, 0) is 10.0 Å². The van der Waals surface area contributed by atoms with Crippen molar-refractivity contribution in [3.8, 4) is 0 Å². The van der Waals surface area contributed by atoms with Gasteiger partial charge >= 0.3 is 0 Å². The lowest BCUT2D eigenvalue weighted by atomic mass is 9.64. The zero-order valence-corrected chi connectivity index (χ0v) is 14.3. The Kier molecular flexibility index (Phi) is 4.63. The summed E-state index contributed by atoms with van der Waals surface area (Å²) in [4.78, 5) is 2.50. The molecule has 3 fully saturated rings. The molecule has 0 aromatic heterocycles. The van der Waals surface area contributed by atoms with E-state index in [0.29, 0.717) is 13.1 Å². The van der Waals surface area contributed by atoms with Crippen molar-refractivity contribution in [1.82, 2.24) is 9.21 Å². The highest BCUT2D eigenvalue weighted by Crippen LogP contribution is 2.45. The molecule has 0 radical (unpaired) electrons. The summed E-state index contributed by atoms with van der Waals surface area (Å²) in [5, 5.41) is 0. The van der Waals surface area contributed by atoms with Crippen LogP contribution in [0.15, 0.2) is 0 Å². The molecule has 5 heteroatoms. The van der Waals surface area contributed by atoms with Crippen LogP contribution >= 0.6 is 0 Å². The summed E-state index contributed by atoms with van der Waals surface area (Å²) in [5.74, 6) is 3.70. The van der Waals surface area contributed by atoms with Gasteiger partial charge in [0.15, 0.2) is 0 Å². The molecule has 2 saturated carbocycles. The quantitative estimate of drug-likeness (QED) is 0.800. The van der Waals surface area contributed by atoms with Gasteiger partial charge in [0, 0.05) is 32.7 Å². The fourth-order valence-corrected chi connectivity index (χ4v) is 5.64. The minimum absolute atomic E-state index is 0.675. The summed E-state index contributed by atoms with van der Waals surface area (Å²) in [6.45, 7) is 6.80. The Labute approximate surface area is 129 Å². The van der Waals surface area contributed by atoms with E-state index in [1.807, 2.05) is 0 Å². The third-order valence-electron chi connectivity index (χ3n) is 6.09. The molecule has 3 rings (SSSR count). The van der Waals surface area contributed by atoms with Crippen LogP contribution in [0, 0.1) is 23.7 Å². The zero-order valence-electron chi connectivity index (χ0n) is 13.5. The first-order valence-corrected chi connectivity index (χ1v) is 10.4. The maximum Gasteiger partial charge on any atom is 0.211 e. The van der Waals surface area contributed by atoms with Gasteiger partial charge in [0.2, 0.25) is 10.0 Å². The molecule has 0 aromatic rings. The minimum atomic E-state index is -3.00. The largest absolute Gasteiger partial charge is 0.300 e. The second-order valence-corrected chi connectivity index (χ2v) is 9.70. The van der Waals surface area contributed by atoms with Crippen LogP contribution in [0.4, 0.5) is 0 Å². The smallest absolute Gasteiger partial charge is 0.211 e. The van der Waals surface area contributed by atoms with E-state index >= 15 is 0 Å². The Bertz CT molecular complexity index is 457. The van der Waals surface area contributed by atoms with E-state index in [0.717, 1.165) is 36.8 Å². The van der Waals surface area contributed by atoms with E-state index < -0.39 is 10.0 Å². The first kappa shape index (κ1) is 15.8. The molecule has 0 amide bonds. The van der Waals surface area contributed by atoms with Crippen molar-refractivity contribution in [2.75, 3.05) is 39.0 Å². The molecule has 1 saturated heterocycles. The normalized spacial score (nSPS) is 39.3. The van der Waals surface area contributed by atoms with E-state index in [2.05, 4.69) is 11.8 Å². The fraction of sp³-hybridized carbons (Fsp3) is 1.00. The maximum absolute atomic E-state index is 11.6. The lowest BCUT2D eigenvalue weighted by molar-refractivity contribution is 0.0632. The van der Waals surface area contributed by atoms with E-state index in [1.54, 1.807) is 4.31 Å². The molecule has 122 valence electrons. The monoisotopic (exact) mass is 314 g/mol. The Morgan fingerprint density at radius 2 is 1.71 bits per heavy atom. The van der Waals surface area contributed by atoms with E-state index in [1.165, 1.54) is 44.9 Å². The molecule has 4 unspecified atom stereocenters. The van der Waals surface area contributed by atoms with Crippen LogP contribution < -0.4 is 0 Å². The number of nitrogens with zero attached hydrogens (tertiary/aromatic N) is 2. The third-order valence-corrected chi connectivity index (χ3v) is 7.39. The van der Waals surface area contributed by atoms with Gasteiger partial charge in [0.1, 0.15) is 0 Å². The highest BCUT2D eigenvalue weighted by Gasteiger charge is 2.36. The van der Waals surface area contributed by atoms with Crippen molar-refractivity contribution in [2.24, 2.45) is 23.7 Å². The van der Waals surface area contributed by atoms with Crippen molar-refractivity contribution in [2.45, 2.75) is 39.0 Å². The van der Waals surface area contributed by atoms with Gasteiger partial charge in [0.05, 0.1) is 6.26 Å². The van der Waals surface area contributed by atoms with Gasteiger partial charge in [-0.1, -0.05) is 19.8 Å². The Morgan fingerprint density at radius 3 is 2.38 bits per heavy atom. The Balaban J connectivity index is 1.50. The molecule has 0 spiro atoms. The molecule has 0 aromatic carbocycles. The first-order chi connectivity index (χ1) is 9.91. The van der Waals surface area contributed by atoms with Crippen LogP contribution in [-0.4, -0.2) is 56.6 Å². The predicted octanol–water partition coefficient (Wildman–Crippen LogP) is 2.03. The predicted molar refractivity (Wildman–Crippen MR) is 85.6 cm³/mol. The van der Waals surface area contributed by atoms with E-state index in [4.69, 9.17) is 0 Å². The van der Waals surface area contributed by atoms with Crippen LogP contribution in [0.5, 0.6) is 0 Å². The van der Waals surface area contributed by atoms with Gasteiger partial charge in [-0.15, -0.1) is 0 Å². The second kappa shape index (κ2) is 6.17. The summed E-state index contributed by atoms with van der Waals surface area (Å²) in [5.41, 5.74) is 0. The molecular weight excluding hydrogens is 284 g/mol. The summed E-state index contributed by atoms with van der Waals surface area (Å²) >= 11 is 0. The van der Waals surface area contributed by atoms with Crippen molar-refractivity contribution in [3.05, 3.63) is 0 Å². The molecule has 21 heavy (non-hydrogen) atoms. The van der Waals surface area contributed by atoms with E-state index in [-0.39, 0.29) is 0 Å². The van der Waals surface area contributed by atoms with Crippen molar-refractivity contribution >= 4 is 10.0 Å². The zero-order chi connectivity index (χ0) is 15.0. The molecule has 2 bridgehead atoms. The second-order valence-electron chi connectivity index (χ2n) is 7.72. The van der Waals surface area contributed by atoms with Crippen LogP contribution in [0.1, 0.15) is 39.0 Å². The number of sulfonamides is 1. The third kappa shape index (κ3) is 3.80. The van der Waals surface area contributed by atoms with Crippen molar-refractivity contribution in [3.63, 3.8) is 0 Å². The molecular formula is C16H30N2O2S. The lowest BCUT2D eigenvalue weighted by Gasteiger charge is -2.44. The molecule has 3 aliphatic rings. The number of piperazine rings is 1. The molecule has 2 aliphatic carbocycles. The maximum atomic E-state index is 11.6. The molecule has 1 aliphatic heterocycles. The highest BCUT2D eigenvalue weighted by molar-refractivity contribution is 7.88. The van der Waals surface area contributed by atoms with Gasteiger partial charge < -0.3 is 4.90 Å². The molecule has 4 atom stereocenters. The Hall–Kier alpha value is -0.130. The summed E-state index contributed by atoms with van der Waals surface area (Å²) < 4.78 is 24.7. The summed E-state index contributed by atoms with van der Waals surface area (Å²) in [7, 11) is -3.00. The number of rotatable bonds is 3. The van der Waals surface area contributed by atoms with E-state index in [9.17, 15) is 8.42 Å². The number of hydrogen-bond acceptors (Lipinski definition) is 3. The summed E-state index contributed by atoms with van der Waals surface area (Å²) in [6.07, 6.45) is 8.50. The van der Waals surface area contributed by atoms with Crippen LogP contribution in [0.3, 0.4) is 0 Å². The lowest BCUT2D eigenvalue weighted by Crippen LogP contribution is -2.50. The first-order valence-electron chi connectivity index (χ1n) is 8.59. The Morgan fingerprint density at radius 1 is 1.00 bits per heavy atom. The summed E-state index contributed by atoms with van der Waals surface area (Å²) in [6, 6.07) is 0. The van der Waals surface area contributed by atoms with Gasteiger partial charge in [-0.05, 0) is 42.9 Å². The number of fused-ring (bicyclic) bond motifs is 2. The van der Waals surface area contributed by atoms with Crippen molar-refractivity contribution < 1.29 is 8.42 Å².